The van der Waals surface area contributed by atoms with Gasteiger partial charge >= 0.3 is 10.2 Å². The Morgan fingerprint density at radius 2 is 1.67 bits per heavy atom. The van der Waals surface area contributed by atoms with Gasteiger partial charge in [-0.25, -0.2) is 9.97 Å². The van der Waals surface area contributed by atoms with Crippen LogP contribution in [0.5, 0.6) is 5.75 Å². The zero-order chi connectivity index (χ0) is 28.0. The first-order valence-electron chi connectivity index (χ1n) is 12.2. The van der Waals surface area contributed by atoms with Crippen molar-refractivity contribution in [2.75, 3.05) is 6.61 Å². The van der Waals surface area contributed by atoms with Gasteiger partial charge < -0.3 is 18.8 Å². The second-order valence-electron chi connectivity index (χ2n) is 8.95. The van der Waals surface area contributed by atoms with Crippen molar-refractivity contribution in [3.8, 4) is 5.75 Å². The summed E-state index contributed by atoms with van der Waals surface area (Å²) in [5.74, 6) is 1.75. The Labute approximate surface area is 222 Å². The van der Waals surface area contributed by atoms with Gasteiger partial charge in [0.05, 0.1) is 6.61 Å². The number of aliphatic hydroxyl groups is 1. The average Bonchev–Trinajstić information content (AvgIpc) is 3.53. The molecule has 0 unspecified atom stereocenters. The number of aryl methyl sites for hydroxylation is 2. The van der Waals surface area contributed by atoms with Crippen LogP contribution in [0.4, 0.5) is 19.4 Å². The van der Waals surface area contributed by atoms with Gasteiger partial charge in [-0.15, -0.1) is 0 Å². The fraction of sp³-hybridized carbons (Fsp3) is 0.259. The molecule has 0 radical (unpaired) electrons. The van der Waals surface area contributed by atoms with E-state index in [4.69, 9.17) is 14.3 Å². The first-order chi connectivity index (χ1) is 18.4. The number of hydrogen-bond donors (Lipinski definition) is 1. The molecule has 0 spiro atoms. The van der Waals surface area contributed by atoms with Crippen molar-refractivity contribution in [2.45, 2.75) is 43.7 Å². The number of nitrogens with zero attached hydrogens (tertiary/aromatic N) is 3. The number of hydrogen-bond acceptors (Lipinski definition) is 5. The number of aromatic nitrogens is 3. The van der Waals surface area contributed by atoms with E-state index in [0.717, 1.165) is 43.8 Å². The van der Waals surface area contributed by atoms with Gasteiger partial charge in [0.1, 0.15) is 35.0 Å². The maximum Gasteiger partial charge on any atom is 0.310 e. The van der Waals surface area contributed by atoms with Crippen molar-refractivity contribution in [3.05, 3.63) is 95.7 Å². The normalized spacial score (nSPS) is 13.9. The van der Waals surface area contributed by atoms with Crippen molar-refractivity contribution in [2.24, 2.45) is 0 Å². The van der Waals surface area contributed by atoms with E-state index in [1.807, 2.05) is 30.5 Å². The Bertz CT molecular complexity index is 1400. The number of oxazole rings is 1. The standard InChI is InChI=1S/C27H28F5N3O3S/c28-39(29,30,31,32)25-11-6-22(7-12-25)8-13-27-34-23(20-38-27)19-37-24-9-4-21(5-10-24)3-1-2-16-35-17-15-33-26(35)14-18-36/h4-13,15,17,20,36H,1-3,14,16,18-19H2. The van der Waals surface area contributed by atoms with E-state index in [2.05, 4.69) is 14.5 Å². The molecule has 0 saturated heterocycles. The van der Waals surface area contributed by atoms with Crippen LogP contribution < -0.4 is 4.74 Å². The van der Waals surface area contributed by atoms with Crippen LogP contribution in [0, 0.1) is 0 Å². The van der Waals surface area contributed by atoms with Crippen LogP contribution in [-0.2, 0) is 26.0 Å². The number of ether oxygens (including phenoxy) is 1. The van der Waals surface area contributed by atoms with Gasteiger partial charge in [0, 0.05) is 31.4 Å². The first-order valence-corrected chi connectivity index (χ1v) is 14.1. The van der Waals surface area contributed by atoms with Gasteiger partial charge in [0.2, 0.25) is 5.89 Å². The summed E-state index contributed by atoms with van der Waals surface area (Å²) in [6, 6.07) is 10.4. The van der Waals surface area contributed by atoms with Crippen LogP contribution in [-0.4, -0.2) is 26.2 Å². The Morgan fingerprint density at radius 3 is 2.36 bits per heavy atom. The number of aliphatic hydroxyl groups excluding tert-OH is 1. The van der Waals surface area contributed by atoms with Gasteiger partial charge in [0.15, 0.2) is 0 Å². The van der Waals surface area contributed by atoms with Crippen molar-refractivity contribution >= 4 is 22.4 Å². The third-order valence-electron chi connectivity index (χ3n) is 5.88. The highest BCUT2D eigenvalue weighted by Gasteiger charge is 2.65. The van der Waals surface area contributed by atoms with E-state index in [9.17, 15) is 19.4 Å². The van der Waals surface area contributed by atoms with E-state index in [1.54, 1.807) is 6.20 Å². The molecule has 0 bridgehead atoms. The van der Waals surface area contributed by atoms with Gasteiger partial charge in [-0.05, 0) is 60.7 Å². The summed E-state index contributed by atoms with van der Waals surface area (Å²) >= 11 is 0. The van der Waals surface area contributed by atoms with Crippen molar-refractivity contribution in [1.29, 1.82) is 0 Å². The number of imidazole rings is 1. The lowest BCUT2D eigenvalue weighted by molar-refractivity contribution is 0.294. The van der Waals surface area contributed by atoms with E-state index < -0.39 is 15.1 Å². The largest absolute Gasteiger partial charge is 0.487 e. The molecule has 0 fully saturated rings. The van der Waals surface area contributed by atoms with Gasteiger partial charge in [-0.1, -0.05) is 43.7 Å². The molecule has 12 heteroatoms. The predicted octanol–water partition coefficient (Wildman–Crippen LogP) is 7.84. The van der Waals surface area contributed by atoms with Crippen LogP contribution in [0.3, 0.4) is 0 Å². The molecular formula is C27H28F5N3O3S. The Kier molecular flexibility index (Phi) is 7.89. The van der Waals surface area contributed by atoms with Gasteiger partial charge in [0.25, 0.3) is 0 Å². The van der Waals surface area contributed by atoms with Gasteiger partial charge in [-0.2, -0.15) is 0 Å². The minimum atomic E-state index is -9.69. The van der Waals surface area contributed by atoms with E-state index in [1.165, 1.54) is 24.0 Å². The maximum absolute atomic E-state index is 12.8. The van der Waals surface area contributed by atoms with Crippen LogP contribution in [0.15, 0.2) is 76.5 Å². The van der Waals surface area contributed by atoms with E-state index in [-0.39, 0.29) is 24.7 Å². The third-order valence-corrected chi connectivity index (χ3v) is 7.04. The molecule has 1 N–H and O–H groups in total. The zero-order valence-corrected chi connectivity index (χ0v) is 21.7. The molecule has 6 nitrogen and oxygen atoms in total. The first kappa shape index (κ1) is 28.4. The molecular weight excluding hydrogens is 541 g/mol. The molecule has 0 atom stereocenters. The summed E-state index contributed by atoms with van der Waals surface area (Å²) in [5.41, 5.74) is 1.98. The number of halogens is 5. The molecule has 0 amide bonds. The maximum atomic E-state index is 12.8. The van der Waals surface area contributed by atoms with Crippen molar-refractivity contribution < 1.29 is 33.7 Å². The van der Waals surface area contributed by atoms with Crippen molar-refractivity contribution in [1.82, 2.24) is 14.5 Å². The monoisotopic (exact) mass is 569 g/mol. The number of rotatable bonds is 13. The summed E-state index contributed by atoms with van der Waals surface area (Å²) < 4.78 is 77.2. The molecule has 2 heterocycles. The fourth-order valence-corrected chi connectivity index (χ4v) is 4.51. The fourth-order valence-electron chi connectivity index (χ4n) is 3.86. The summed E-state index contributed by atoms with van der Waals surface area (Å²) in [7, 11) is -9.69. The van der Waals surface area contributed by atoms with Crippen LogP contribution in [0.2, 0.25) is 0 Å². The SMILES string of the molecule is OCCc1nccn1CCCCc1ccc(OCc2coc(C=Cc3ccc(S(F)(F)(F)(F)F)cc3)n2)cc1. The summed E-state index contributed by atoms with van der Waals surface area (Å²) in [5, 5.41) is 9.09. The van der Waals surface area contributed by atoms with Crippen LogP contribution in [0.1, 0.15) is 41.4 Å². The molecule has 0 aliphatic rings. The summed E-state index contributed by atoms with van der Waals surface area (Å²) in [4.78, 5) is 6.55. The molecule has 0 aliphatic carbocycles. The summed E-state index contributed by atoms with van der Waals surface area (Å²) in [6.07, 6.45) is 11.4. The van der Waals surface area contributed by atoms with E-state index in [0.29, 0.717) is 30.0 Å². The minimum absolute atomic E-state index is 0.0837. The van der Waals surface area contributed by atoms with Gasteiger partial charge in [-0.3, -0.25) is 0 Å². The molecule has 2 aromatic heterocycles. The Morgan fingerprint density at radius 1 is 0.923 bits per heavy atom. The summed E-state index contributed by atoms with van der Waals surface area (Å²) in [6.45, 7) is 1.09. The quantitative estimate of drug-likeness (QED) is 0.131. The lowest BCUT2D eigenvalue weighted by Gasteiger charge is -2.40. The average molecular weight is 570 g/mol. The van der Waals surface area contributed by atoms with Crippen LogP contribution >= 0.6 is 10.2 Å². The predicted molar refractivity (Wildman–Crippen MR) is 140 cm³/mol. The lowest BCUT2D eigenvalue weighted by Crippen LogP contribution is -2.05. The van der Waals surface area contributed by atoms with Crippen LogP contribution in [0.25, 0.3) is 12.2 Å². The lowest BCUT2D eigenvalue weighted by atomic mass is 10.1. The highest BCUT2D eigenvalue weighted by Crippen LogP contribution is 3.02. The molecule has 4 rings (SSSR count). The topological polar surface area (TPSA) is 73.3 Å². The molecule has 210 valence electrons. The Balaban J connectivity index is 1.21. The molecule has 39 heavy (non-hydrogen) atoms. The van der Waals surface area contributed by atoms with E-state index >= 15 is 0 Å². The molecule has 0 aliphatic heterocycles. The highest BCUT2D eigenvalue weighted by atomic mass is 32.5. The molecule has 0 saturated carbocycles. The smallest absolute Gasteiger partial charge is 0.310 e. The zero-order valence-electron chi connectivity index (χ0n) is 20.9. The second kappa shape index (κ2) is 10.9. The molecule has 2 aromatic carbocycles. The highest BCUT2D eigenvalue weighted by molar-refractivity contribution is 8.45. The second-order valence-corrected chi connectivity index (χ2v) is 11.4. The number of benzene rings is 2. The molecule has 4 aromatic rings. The Hall–Kier alpha value is -3.64. The third kappa shape index (κ3) is 8.42. The number of unbranched alkanes of at least 4 members (excludes halogenated alkanes) is 1. The van der Waals surface area contributed by atoms with Crippen molar-refractivity contribution in [3.63, 3.8) is 0 Å². The minimum Gasteiger partial charge on any atom is -0.487 e.